The van der Waals surface area contributed by atoms with Crippen LogP contribution in [0.4, 0.5) is 0 Å². The van der Waals surface area contributed by atoms with Crippen molar-refractivity contribution in [1.29, 1.82) is 0 Å². The molecule has 2 fully saturated rings. The van der Waals surface area contributed by atoms with E-state index in [1.807, 2.05) is 0 Å². The van der Waals surface area contributed by atoms with E-state index in [0.29, 0.717) is 30.8 Å². The molecule has 1 aliphatic carbocycles. The Labute approximate surface area is 120 Å². The monoisotopic (exact) mass is 307 g/mol. The van der Waals surface area contributed by atoms with Crippen molar-refractivity contribution < 1.29 is 8.42 Å². The van der Waals surface area contributed by atoms with Gasteiger partial charge in [-0.3, -0.25) is 0 Å². The van der Waals surface area contributed by atoms with Gasteiger partial charge in [0.2, 0.25) is 0 Å². The Kier molecular flexibility index (Phi) is 5.54. The summed E-state index contributed by atoms with van der Waals surface area (Å²) in [6, 6.07) is 0.104. The number of nitrogens with zero attached hydrogens (tertiary/aromatic N) is 1. The van der Waals surface area contributed by atoms with E-state index in [0.717, 1.165) is 32.1 Å². The minimum Gasteiger partial charge on any atom is -0.330 e. The predicted molar refractivity (Wildman–Crippen MR) is 80.3 cm³/mol. The van der Waals surface area contributed by atoms with Crippen molar-refractivity contribution in [2.45, 2.75) is 43.4 Å². The zero-order chi connectivity index (χ0) is 13.9. The van der Waals surface area contributed by atoms with Gasteiger partial charge in [0.05, 0.1) is 0 Å². The third-order valence-corrected chi connectivity index (χ3v) is 7.12. The second-order valence-corrected chi connectivity index (χ2v) is 8.29. The fourth-order valence-electron chi connectivity index (χ4n) is 2.99. The van der Waals surface area contributed by atoms with E-state index >= 15 is 0 Å². The molecule has 0 radical (unpaired) electrons. The molecule has 7 heteroatoms. The van der Waals surface area contributed by atoms with E-state index < -0.39 is 10.2 Å². The van der Waals surface area contributed by atoms with E-state index in [4.69, 9.17) is 5.73 Å². The SMILES string of the molecule is CSC1CCCC1NS(=O)(=O)N1CCC(CN)CC1. The molecule has 2 rings (SSSR count). The molecule has 2 aliphatic rings. The molecule has 0 spiro atoms. The highest BCUT2D eigenvalue weighted by molar-refractivity contribution is 7.99. The molecule has 5 nitrogen and oxygen atoms in total. The molecular formula is C12H25N3O2S2. The van der Waals surface area contributed by atoms with Crippen LogP contribution in [-0.2, 0) is 10.2 Å². The molecule has 1 heterocycles. The summed E-state index contributed by atoms with van der Waals surface area (Å²) < 4.78 is 29.2. The van der Waals surface area contributed by atoms with Gasteiger partial charge < -0.3 is 5.73 Å². The number of rotatable bonds is 5. The van der Waals surface area contributed by atoms with E-state index in [1.165, 1.54) is 0 Å². The van der Waals surface area contributed by atoms with Crippen molar-refractivity contribution in [3.8, 4) is 0 Å². The fraction of sp³-hybridized carbons (Fsp3) is 1.00. The van der Waals surface area contributed by atoms with E-state index in [9.17, 15) is 8.42 Å². The van der Waals surface area contributed by atoms with Gasteiger partial charge in [0.15, 0.2) is 0 Å². The first-order valence-electron chi connectivity index (χ1n) is 7.07. The molecule has 1 saturated heterocycles. The van der Waals surface area contributed by atoms with E-state index in [-0.39, 0.29) is 6.04 Å². The molecule has 0 aromatic heterocycles. The number of piperidine rings is 1. The first-order chi connectivity index (χ1) is 9.06. The van der Waals surface area contributed by atoms with Crippen molar-refractivity contribution in [3.63, 3.8) is 0 Å². The average molecular weight is 307 g/mol. The number of thioether (sulfide) groups is 1. The van der Waals surface area contributed by atoms with Crippen molar-refractivity contribution in [1.82, 2.24) is 9.03 Å². The van der Waals surface area contributed by atoms with Crippen LogP contribution in [-0.4, -0.2) is 49.9 Å². The Morgan fingerprint density at radius 2 is 1.95 bits per heavy atom. The van der Waals surface area contributed by atoms with Gasteiger partial charge in [-0.1, -0.05) is 6.42 Å². The second-order valence-electron chi connectivity index (χ2n) is 5.51. The van der Waals surface area contributed by atoms with Gasteiger partial charge in [-0.05, 0) is 44.4 Å². The summed E-state index contributed by atoms with van der Waals surface area (Å²) in [5, 5.41) is 0.427. The lowest BCUT2D eigenvalue weighted by Gasteiger charge is -2.32. The van der Waals surface area contributed by atoms with Gasteiger partial charge in [0, 0.05) is 24.4 Å². The van der Waals surface area contributed by atoms with Crippen LogP contribution in [0, 0.1) is 5.92 Å². The number of hydrogen-bond acceptors (Lipinski definition) is 4. The lowest BCUT2D eigenvalue weighted by Crippen LogP contribution is -2.50. The van der Waals surface area contributed by atoms with Crippen molar-refractivity contribution in [2.75, 3.05) is 25.9 Å². The Morgan fingerprint density at radius 1 is 1.26 bits per heavy atom. The molecule has 0 aromatic rings. The molecule has 1 saturated carbocycles. The molecule has 112 valence electrons. The first kappa shape index (κ1) is 15.6. The molecule has 1 aliphatic heterocycles. The summed E-state index contributed by atoms with van der Waals surface area (Å²) in [4.78, 5) is 0. The number of nitrogens with two attached hydrogens (primary N) is 1. The zero-order valence-corrected chi connectivity index (χ0v) is 13.2. The van der Waals surface area contributed by atoms with Crippen LogP contribution in [0.5, 0.6) is 0 Å². The Balaban J connectivity index is 1.91. The molecule has 2 unspecified atom stereocenters. The van der Waals surface area contributed by atoms with Gasteiger partial charge in [-0.2, -0.15) is 29.2 Å². The van der Waals surface area contributed by atoms with Crippen LogP contribution in [0.2, 0.25) is 0 Å². The van der Waals surface area contributed by atoms with Crippen LogP contribution in [0.1, 0.15) is 32.1 Å². The van der Waals surface area contributed by atoms with Gasteiger partial charge in [0.25, 0.3) is 10.2 Å². The third kappa shape index (κ3) is 3.85. The summed E-state index contributed by atoms with van der Waals surface area (Å²) in [5.74, 6) is 0.483. The number of hydrogen-bond donors (Lipinski definition) is 2. The Bertz CT molecular complexity index is 380. The van der Waals surface area contributed by atoms with Gasteiger partial charge in [-0.25, -0.2) is 0 Å². The molecule has 0 bridgehead atoms. The lowest BCUT2D eigenvalue weighted by molar-refractivity contribution is 0.274. The lowest BCUT2D eigenvalue weighted by atomic mass is 9.99. The highest BCUT2D eigenvalue weighted by Gasteiger charge is 2.34. The maximum Gasteiger partial charge on any atom is 0.279 e. The molecule has 2 atom stereocenters. The van der Waals surface area contributed by atoms with Crippen LogP contribution >= 0.6 is 11.8 Å². The number of nitrogens with one attached hydrogen (secondary N) is 1. The summed E-state index contributed by atoms with van der Waals surface area (Å²) in [6.45, 7) is 1.88. The summed E-state index contributed by atoms with van der Waals surface area (Å²) in [5.41, 5.74) is 5.64. The van der Waals surface area contributed by atoms with Gasteiger partial charge in [-0.15, -0.1) is 0 Å². The van der Waals surface area contributed by atoms with Gasteiger partial charge >= 0.3 is 0 Å². The Morgan fingerprint density at radius 3 is 2.53 bits per heavy atom. The summed E-state index contributed by atoms with van der Waals surface area (Å²) >= 11 is 1.77. The van der Waals surface area contributed by atoms with Crippen molar-refractivity contribution in [3.05, 3.63) is 0 Å². The average Bonchev–Trinajstić information content (AvgIpc) is 2.85. The molecule has 0 amide bonds. The minimum absolute atomic E-state index is 0.104. The minimum atomic E-state index is -3.31. The zero-order valence-electron chi connectivity index (χ0n) is 11.5. The van der Waals surface area contributed by atoms with Crippen molar-refractivity contribution >= 4 is 22.0 Å². The Hall–Kier alpha value is 0.180. The van der Waals surface area contributed by atoms with Crippen LogP contribution < -0.4 is 10.5 Å². The second kappa shape index (κ2) is 6.76. The maximum atomic E-state index is 12.4. The van der Waals surface area contributed by atoms with Gasteiger partial charge in [0.1, 0.15) is 0 Å². The maximum absolute atomic E-state index is 12.4. The van der Waals surface area contributed by atoms with E-state index in [2.05, 4.69) is 11.0 Å². The van der Waals surface area contributed by atoms with Crippen LogP contribution in [0.3, 0.4) is 0 Å². The molecule has 19 heavy (non-hydrogen) atoms. The quantitative estimate of drug-likeness (QED) is 0.787. The summed E-state index contributed by atoms with van der Waals surface area (Å²) in [6.07, 6.45) is 7.02. The smallest absolute Gasteiger partial charge is 0.279 e. The summed E-state index contributed by atoms with van der Waals surface area (Å²) in [7, 11) is -3.31. The highest BCUT2D eigenvalue weighted by Crippen LogP contribution is 2.29. The molecule has 0 aromatic carbocycles. The highest BCUT2D eigenvalue weighted by atomic mass is 32.2. The van der Waals surface area contributed by atoms with Crippen molar-refractivity contribution in [2.24, 2.45) is 11.7 Å². The largest absolute Gasteiger partial charge is 0.330 e. The van der Waals surface area contributed by atoms with Crippen LogP contribution in [0.15, 0.2) is 0 Å². The standard InChI is InChI=1S/C12H25N3O2S2/c1-18-12-4-2-3-11(12)14-19(16,17)15-7-5-10(9-13)6-8-15/h10-12,14H,2-9,13H2,1H3. The topological polar surface area (TPSA) is 75.4 Å². The first-order valence-corrected chi connectivity index (χ1v) is 9.80. The fourth-order valence-corrected chi connectivity index (χ4v) is 5.52. The third-order valence-electron chi connectivity index (χ3n) is 4.30. The predicted octanol–water partition coefficient (Wildman–Crippen LogP) is 0.776. The van der Waals surface area contributed by atoms with E-state index in [1.54, 1.807) is 16.1 Å². The normalized spacial score (nSPS) is 30.8. The van der Waals surface area contributed by atoms with Crippen LogP contribution in [0.25, 0.3) is 0 Å². The molecule has 3 N–H and O–H groups in total. The molecular weight excluding hydrogens is 282 g/mol.